The van der Waals surface area contributed by atoms with Crippen molar-refractivity contribution in [1.29, 1.82) is 0 Å². The molecule has 1 aliphatic rings. The zero-order valence-electron chi connectivity index (χ0n) is 16.1. The van der Waals surface area contributed by atoms with Gasteiger partial charge in [-0.1, -0.05) is 0 Å². The topological polar surface area (TPSA) is 112 Å². The minimum absolute atomic E-state index is 0.0179. The maximum atomic E-state index is 14.5. The van der Waals surface area contributed by atoms with E-state index in [1.54, 1.807) is 0 Å². The number of aromatic nitrogens is 2. The van der Waals surface area contributed by atoms with Gasteiger partial charge in [0.05, 0.1) is 12.4 Å². The van der Waals surface area contributed by atoms with Crippen molar-refractivity contribution in [3.63, 3.8) is 0 Å². The number of anilines is 1. The summed E-state index contributed by atoms with van der Waals surface area (Å²) in [7, 11) is 0. The molecule has 0 unspecified atom stereocenters. The van der Waals surface area contributed by atoms with Crippen LogP contribution in [0.15, 0.2) is 47.4 Å². The van der Waals surface area contributed by atoms with Crippen molar-refractivity contribution < 1.29 is 31.8 Å². The standard InChI is InChI=1S/C19H17F4N5O3/c1-19(5-11(6-20)31-18(24)28-19)12-4-10(2-3-13(12)21)27-17(29)14-7-26-16(8-25-14)30-9-15(22)23/h2-5,7-8,15H,6,9H2,1H3,(H2,24,28)(H,27,29)/t19-/m0/s1. The van der Waals surface area contributed by atoms with E-state index in [0.717, 1.165) is 18.5 Å². The largest absolute Gasteiger partial charge is 0.470 e. The lowest BCUT2D eigenvalue weighted by molar-refractivity contribution is 0.0792. The number of alkyl halides is 3. The Bertz CT molecular complexity index is 1030. The summed E-state index contributed by atoms with van der Waals surface area (Å²) in [6, 6.07) is 3.40. The monoisotopic (exact) mass is 439 g/mol. The molecule has 0 spiro atoms. The van der Waals surface area contributed by atoms with Gasteiger partial charge in [-0.05, 0) is 31.2 Å². The predicted molar refractivity (Wildman–Crippen MR) is 102 cm³/mol. The molecule has 0 bridgehead atoms. The van der Waals surface area contributed by atoms with Crippen LogP contribution in [0.1, 0.15) is 23.0 Å². The third-order valence-corrected chi connectivity index (χ3v) is 4.14. The van der Waals surface area contributed by atoms with E-state index in [1.165, 1.54) is 25.1 Å². The van der Waals surface area contributed by atoms with Gasteiger partial charge < -0.3 is 20.5 Å². The van der Waals surface area contributed by atoms with Gasteiger partial charge in [0, 0.05) is 11.3 Å². The highest BCUT2D eigenvalue weighted by atomic mass is 19.3. The summed E-state index contributed by atoms with van der Waals surface area (Å²) in [5.41, 5.74) is 4.29. The van der Waals surface area contributed by atoms with Crippen molar-refractivity contribution >= 4 is 17.6 Å². The quantitative estimate of drug-likeness (QED) is 0.642. The summed E-state index contributed by atoms with van der Waals surface area (Å²) in [4.78, 5) is 24.0. The van der Waals surface area contributed by atoms with Crippen molar-refractivity contribution in [2.24, 2.45) is 10.7 Å². The lowest BCUT2D eigenvalue weighted by Crippen LogP contribution is -2.31. The molecule has 0 fully saturated rings. The molecule has 31 heavy (non-hydrogen) atoms. The molecule has 3 rings (SSSR count). The summed E-state index contributed by atoms with van der Waals surface area (Å²) in [5.74, 6) is -1.63. The van der Waals surface area contributed by atoms with Crippen molar-refractivity contribution in [1.82, 2.24) is 9.97 Å². The number of carbonyl (C=O) groups excluding carboxylic acids is 1. The number of hydrogen-bond acceptors (Lipinski definition) is 7. The van der Waals surface area contributed by atoms with Crippen molar-refractivity contribution in [3.8, 4) is 5.88 Å². The third-order valence-electron chi connectivity index (χ3n) is 4.14. The van der Waals surface area contributed by atoms with E-state index in [-0.39, 0.29) is 34.6 Å². The van der Waals surface area contributed by atoms with Crippen molar-refractivity contribution in [2.75, 3.05) is 18.6 Å². The Labute approximate surface area is 173 Å². The normalized spacial score (nSPS) is 18.1. The molecule has 0 aliphatic carbocycles. The van der Waals surface area contributed by atoms with Gasteiger partial charge in [-0.15, -0.1) is 0 Å². The van der Waals surface area contributed by atoms with E-state index in [2.05, 4.69) is 20.3 Å². The number of benzene rings is 1. The maximum Gasteiger partial charge on any atom is 0.288 e. The van der Waals surface area contributed by atoms with Gasteiger partial charge in [-0.25, -0.2) is 32.5 Å². The number of hydrogen-bond donors (Lipinski definition) is 2. The second-order valence-electron chi connectivity index (χ2n) is 6.53. The summed E-state index contributed by atoms with van der Waals surface area (Å²) in [6.45, 7) is -0.306. The Morgan fingerprint density at radius 1 is 1.32 bits per heavy atom. The highest BCUT2D eigenvalue weighted by Gasteiger charge is 2.32. The number of rotatable bonds is 7. The van der Waals surface area contributed by atoms with Crippen LogP contribution >= 0.6 is 0 Å². The number of nitrogens with one attached hydrogen (secondary N) is 1. The molecule has 1 amide bonds. The van der Waals surface area contributed by atoms with Gasteiger partial charge in [0.2, 0.25) is 5.88 Å². The molecule has 1 aliphatic heterocycles. The Hall–Kier alpha value is -3.70. The lowest BCUT2D eigenvalue weighted by atomic mass is 9.90. The Balaban J connectivity index is 1.80. The fourth-order valence-corrected chi connectivity index (χ4v) is 2.81. The molecule has 12 heteroatoms. The molecule has 1 aromatic carbocycles. The van der Waals surface area contributed by atoms with Gasteiger partial charge >= 0.3 is 0 Å². The van der Waals surface area contributed by atoms with E-state index in [4.69, 9.17) is 15.2 Å². The number of nitrogens with zero attached hydrogens (tertiary/aromatic N) is 3. The number of allylic oxidation sites excluding steroid dienone is 1. The van der Waals surface area contributed by atoms with Crippen LogP contribution in [0.25, 0.3) is 0 Å². The van der Waals surface area contributed by atoms with Crippen LogP contribution in [0.4, 0.5) is 23.2 Å². The fraction of sp³-hybridized carbons (Fsp3) is 0.263. The second kappa shape index (κ2) is 8.98. The molecular weight excluding hydrogens is 422 g/mol. The predicted octanol–water partition coefficient (Wildman–Crippen LogP) is 2.93. The Morgan fingerprint density at radius 2 is 2.10 bits per heavy atom. The summed E-state index contributed by atoms with van der Waals surface area (Å²) in [5, 5.41) is 2.51. The number of carbonyl (C=O) groups is 1. The van der Waals surface area contributed by atoms with Crippen molar-refractivity contribution in [2.45, 2.75) is 18.9 Å². The number of nitrogens with two attached hydrogens (primary N) is 1. The summed E-state index contributed by atoms with van der Waals surface area (Å²) in [6.07, 6.45) is 0.682. The smallest absolute Gasteiger partial charge is 0.288 e. The van der Waals surface area contributed by atoms with Gasteiger partial charge in [0.1, 0.15) is 29.5 Å². The molecule has 0 radical (unpaired) electrons. The van der Waals surface area contributed by atoms with E-state index >= 15 is 0 Å². The van der Waals surface area contributed by atoms with E-state index in [9.17, 15) is 22.4 Å². The average Bonchev–Trinajstić information content (AvgIpc) is 2.73. The van der Waals surface area contributed by atoms with Gasteiger partial charge in [0.15, 0.2) is 6.61 Å². The second-order valence-corrected chi connectivity index (χ2v) is 6.53. The Morgan fingerprint density at radius 3 is 2.74 bits per heavy atom. The van der Waals surface area contributed by atoms with Crippen LogP contribution in [-0.4, -0.2) is 41.6 Å². The molecule has 2 heterocycles. The zero-order valence-corrected chi connectivity index (χ0v) is 16.1. The number of aliphatic imine (C=N–C) groups is 1. The SMILES string of the molecule is C[C@@]1(c2cc(NC(=O)c3cnc(OCC(F)F)cn3)ccc2F)C=C(CF)OC(N)=N1. The molecule has 3 N–H and O–H groups in total. The molecular formula is C19H17F4N5O3. The van der Waals surface area contributed by atoms with Crippen LogP contribution < -0.4 is 15.8 Å². The number of ether oxygens (including phenoxy) is 2. The van der Waals surface area contributed by atoms with Crippen LogP contribution in [0, 0.1) is 5.82 Å². The van der Waals surface area contributed by atoms with Crippen molar-refractivity contribution in [3.05, 3.63) is 59.5 Å². The molecule has 2 aromatic rings. The number of amidine groups is 1. The molecule has 1 aromatic heterocycles. The van der Waals surface area contributed by atoms with E-state index in [1.807, 2.05) is 0 Å². The van der Waals surface area contributed by atoms with Crippen LogP contribution in [0.2, 0.25) is 0 Å². The first-order valence-corrected chi connectivity index (χ1v) is 8.85. The van der Waals surface area contributed by atoms with Gasteiger partial charge in [-0.3, -0.25) is 4.79 Å². The maximum absolute atomic E-state index is 14.5. The highest BCUT2D eigenvalue weighted by Crippen LogP contribution is 2.35. The molecule has 0 saturated carbocycles. The number of halogens is 4. The third kappa shape index (κ3) is 5.27. The minimum Gasteiger partial charge on any atom is -0.470 e. The van der Waals surface area contributed by atoms with Gasteiger partial charge in [0.25, 0.3) is 18.4 Å². The lowest BCUT2D eigenvalue weighted by Gasteiger charge is -2.28. The molecule has 1 atom stereocenters. The Kier molecular flexibility index (Phi) is 6.37. The molecule has 8 nitrogen and oxygen atoms in total. The molecule has 164 valence electrons. The average molecular weight is 439 g/mol. The minimum atomic E-state index is -2.68. The summed E-state index contributed by atoms with van der Waals surface area (Å²) < 4.78 is 61.5. The molecule has 0 saturated heterocycles. The van der Waals surface area contributed by atoms with E-state index in [0.29, 0.717) is 0 Å². The van der Waals surface area contributed by atoms with Crippen LogP contribution in [0.3, 0.4) is 0 Å². The first kappa shape index (κ1) is 22.0. The van der Waals surface area contributed by atoms with E-state index < -0.39 is 37.0 Å². The van der Waals surface area contributed by atoms with Crippen LogP contribution in [0.5, 0.6) is 5.88 Å². The van der Waals surface area contributed by atoms with Crippen LogP contribution in [-0.2, 0) is 10.3 Å². The number of amides is 1. The first-order valence-electron chi connectivity index (χ1n) is 8.85. The fourth-order valence-electron chi connectivity index (χ4n) is 2.81. The zero-order chi connectivity index (χ0) is 22.6. The highest BCUT2D eigenvalue weighted by molar-refractivity contribution is 6.02. The first-order chi connectivity index (χ1) is 14.7. The summed E-state index contributed by atoms with van der Waals surface area (Å²) >= 11 is 0. The van der Waals surface area contributed by atoms with Gasteiger partial charge in [-0.2, -0.15) is 0 Å².